The number of nitrogens with two attached hydrogens (primary N) is 1. The van der Waals surface area contributed by atoms with Gasteiger partial charge in [-0.25, -0.2) is 4.98 Å². The summed E-state index contributed by atoms with van der Waals surface area (Å²) in [6.45, 7) is 6.29. The van der Waals surface area contributed by atoms with Gasteiger partial charge in [0, 0.05) is 21.7 Å². The number of hydrogen-bond donors (Lipinski definition) is 1. The summed E-state index contributed by atoms with van der Waals surface area (Å²) >= 11 is 1.75. The summed E-state index contributed by atoms with van der Waals surface area (Å²) in [4.78, 5) is 4.91. The van der Waals surface area contributed by atoms with Crippen molar-refractivity contribution in [3.63, 3.8) is 0 Å². The summed E-state index contributed by atoms with van der Waals surface area (Å²) in [5.74, 6) is 0. The summed E-state index contributed by atoms with van der Waals surface area (Å²) in [6, 6.07) is 20.9. The maximum Gasteiger partial charge on any atom is 0.105 e. The zero-order valence-electron chi connectivity index (χ0n) is 13.8. The first-order valence-electron chi connectivity index (χ1n) is 7.86. The SMILES string of the molecule is CC(Sc1nc2ccccc2cc1-c1ccccc1)C(C)(C)N. The molecule has 0 saturated heterocycles. The van der Waals surface area contributed by atoms with Crippen LogP contribution in [-0.4, -0.2) is 15.8 Å². The Morgan fingerprint density at radius 3 is 2.35 bits per heavy atom. The van der Waals surface area contributed by atoms with Gasteiger partial charge in [0.15, 0.2) is 0 Å². The average molecular weight is 322 g/mol. The van der Waals surface area contributed by atoms with Crippen LogP contribution in [0.15, 0.2) is 65.7 Å². The predicted molar refractivity (Wildman–Crippen MR) is 101 cm³/mol. The van der Waals surface area contributed by atoms with Gasteiger partial charge in [0.05, 0.1) is 5.52 Å². The van der Waals surface area contributed by atoms with Crippen LogP contribution < -0.4 is 5.73 Å². The number of nitrogens with zero attached hydrogens (tertiary/aromatic N) is 1. The smallest absolute Gasteiger partial charge is 0.105 e. The van der Waals surface area contributed by atoms with Gasteiger partial charge in [-0.1, -0.05) is 55.5 Å². The largest absolute Gasteiger partial charge is 0.325 e. The van der Waals surface area contributed by atoms with E-state index in [2.05, 4.69) is 69.3 Å². The summed E-state index contributed by atoms with van der Waals surface area (Å²) in [7, 11) is 0. The number of fused-ring (bicyclic) bond motifs is 1. The molecule has 2 nitrogen and oxygen atoms in total. The van der Waals surface area contributed by atoms with Crippen LogP contribution >= 0.6 is 11.8 Å². The van der Waals surface area contributed by atoms with E-state index in [0.717, 1.165) is 15.9 Å². The van der Waals surface area contributed by atoms with Gasteiger partial charge in [-0.3, -0.25) is 0 Å². The minimum Gasteiger partial charge on any atom is -0.325 e. The first kappa shape index (κ1) is 16.0. The van der Waals surface area contributed by atoms with E-state index in [4.69, 9.17) is 10.7 Å². The quantitative estimate of drug-likeness (QED) is 0.678. The molecule has 3 rings (SSSR count). The fourth-order valence-corrected chi connectivity index (χ4v) is 3.43. The number of thioether (sulfide) groups is 1. The van der Waals surface area contributed by atoms with E-state index in [1.807, 2.05) is 12.1 Å². The molecule has 23 heavy (non-hydrogen) atoms. The zero-order valence-corrected chi connectivity index (χ0v) is 14.6. The van der Waals surface area contributed by atoms with E-state index in [9.17, 15) is 0 Å². The Kier molecular flexibility index (Phi) is 4.42. The molecule has 0 radical (unpaired) electrons. The molecule has 0 aliphatic carbocycles. The van der Waals surface area contributed by atoms with Crippen LogP contribution in [0.2, 0.25) is 0 Å². The van der Waals surface area contributed by atoms with Crippen molar-refractivity contribution in [1.82, 2.24) is 4.98 Å². The molecule has 118 valence electrons. The lowest BCUT2D eigenvalue weighted by molar-refractivity contribution is 0.514. The van der Waals surface area contributed by atoms with Crippen LogP contribution in [-0.2, 0) is 0 Å². The third kappa shape index (κ3) is 3.57. The number of rotatable bonds is 4. The molecule has 2 aromatic carbocycles. The van der Waals surface area contributed by atoms with Crippen LogP contribution in [0.5, 0.6) is 0 Å². The van der Waals surface area contributed by atoms with Gasteiger partial charge in [-0.05, 0) is 31.5 Å². The molecule has 1 heterocycles. The van der Waals surface area contributed by atoms with Crippen molar-refractivity contribution in [2.75, 3.05) is 0 Å². The molecular formula is C20H22N2S. The molecule has 0 amide bonds. The number of aromatic nitrogens is 1. The lowest BCUT2D eigenvalue weighted by Crippen LogP contribution is -2.41. The Labute approximate surface area is 142 Å². The van der Waals surface area contributed by atoms with Crippen LogP contribution in [0.1, 0.15) is 20.8 Å². The van der Waals surface area contributed by atoms with E-state index in [-0.39, 0.29) is 10.8 Å². The molecule has 0 spiro atoms. The fourth-order valence-electron chi connectivity index (χ4n) is 2.33. The van der Waals surface area contributed by atoms with Crippen molar-refractivity contribution >= 4 is 22.7 Å². The van der Waals surface area contributed by atoms with Crippen molar-refractivity contribution in [2.24, 2.45) is 5.73 Å². The highest BCUT2D eigenvalue weighted by Gasteiger charge is 2.23. The fraction of sp³-hybridized carbons (Fsp3) is 0.250. The Morgan fingerprint density at radius 1 is 1.00 bits per heavy atom. The maximum absolute atomic E-state index is 6.28. The third-order valence-corrected chi connectivity index (χ3v) is 5.61. The van der Waals surface area contributed by atoms with Crippen LogP contribution in [0, 0.1) is 0 Å². The second-order valence-corrected chi connectivity index (χ2v) is 7.81. The number of benzene rings is 2. The van der Waals surface area contributed by atoms with E-state index in [1.165, 1.54) is 11.1 Å². The highest BCUT2D eigenvalue weighted by atomic mass is 32.2. The molecule has 0 saturated carbocycles. The first-order chi connectivity index (χ1) is 10.9. The van der Waals surface area contributed by atoms with Crippen LogP contribution in [0.25, 0.3) is 22.0 Å². The van der Waals surface area contributed by atoms with Gasteiger partial charge in [-0.2, -0.15) is 0 Å². The van der Waals surface area contributed by atoms with E-state index < -0.39 is 0 Å². The highest BCUT2D eigenvalue weighted by Crippen LogP contribution is 2.36. The summed E-state index contributed by atoms with van der Waals surface area (Å²) in [6.07, 6.45) is 0. The van der Waals surface area contributed by atoms with Crippen LogP contribution in [0.4, 0.5) is 0 Å². The molecule has 3 aromatic rings. The normalized spacial score (nSPS) is 13.2. The number of pyridine rings is 1. The second-order valence-electron chi connectivity index (χ2n) is 6.48. The molecule has 1 atom stereocenters. The molecule has 3 heteroatoms. The first-order valence-corrected chi connectivity index (χ1v) is 8.74. The van der Waals surface area contributed by atoms with Crippen molar-refractivity contribution in [1.29, 1.82) is 0 Å². The molecule has 0 aliphatic heterocycles. The number of para-hydroxylation sites is 1. The van der Waals surface area contributed by atoms with E-state index in [1.54, 1.807) is 11.8 Å². The second kappa shape index (κ2) is 6.34. The molecule has 2 N–H and O–H groups in total. The van der Waals surface area contributed by atoms with Crippen molar-refractivity contribution in [3.8, 4) is 11.1 Å². The summed E-state index contributed by atoms with van der Waals surface area (Å²) < 4.78 is 0. The molecule has 0 fully saturated rings. The molecular weight excluding hydrogens is 300 g/mol. The van der Waals surface area contributed by atoms with Crippen LogP contribution in [0.3, 0.4) is 0 Å². The molecule has 1 aromatic heterocycles. The summed E-state index contributed by atoms with van der Waals surface area (Å²) in [5, 5.41) is 2.47. The minimum atomic E-state index is -0.258. The highest BCUT2D eigenvalue weighted by molar-refractivity contribution is 8.00. The Hall–Kier alpha value is -1.84. The zero-order chi connectivity index (χ0) is 16.4. The lowest BCUT2D eigenvalue weighted by atomic mass is 10.0. The molecule has 0 bridgehead atoms. The maximum atomic E-state index is 6.28. The van der Waals surface area contributed by atoms with Crippen molar-refractivity contribution in [2.45, 2.75) is 36.6 Å². The number of hydrogen-bond acceptors (Lipinski definition) is 3. The van der Waals surface area contributed by atoms with Gasteiger partial charge in [0.2, 0.25) is 0 Å². The van der Waals surface area contributed by atoms with Crippen molar-refractivity contribution in [3.05, 3.63) is 60.7 Å². The standard InChI is InChI=1S/C20H22N2S/c1-14(20(2,3)21)23-19-17(15-9-5-4-6-10-15)13-16-11-7-8-12-18(16)22-19/h4-14H,21H2,1-3H3. The van der Waals surface area contributed by atoms with Crippen molar-refractivity contribution < 1.29 is 0 Å². The topological polar surface area (TPSA) is 38.9 Å². The van der Waals surface area contributed by atoms with Gasteiger partial charge in [0.25, 0.3) is 0 Å². The third-order valence-electron chi connectivity index (χ3n) is 4.11. The molecule has 1 unspecified atom stereocenters. The monoisotopic (exact) mass is 322 g/mol. The minimum absolute atomic E-state index is 0.258. The Bertz CT molecular complexity index is 807. The van der Waals surface area contributed by atoms with Gasteiger partial charge >= 0.3 is 0 Å². The Balaban J connectivity index is 2.13. The lowest BCUT2D eigenvalue weighted by Gasteiger charge is -2.27. The Morgan fingerprint density at radius 2 is 1.65 bits per heavy atom. The van der Waals surface area contributed by atoms with Gasteiger partial charge in [-0.15, -0.1) is 11.8 Å². The van der Waals surface area contributed by atoms with Gasteiger partial charge in [0.1, 0.15) is 5.03 Å². The average Bonchev–Trinajstić information content (AvgIpc) is 2.54. The summed E-state index contributed by atoms with van der Waals surface area (Å²) in [5.41, 5.74) is 9.41. The van der Waals surface area contributed by atoms with E-state index >= 15 is 0 Å². The molecule has 0 aliphatic rings. The van der Waals surface area contributed by atoms with Gasteiger partial charge < -0.3 is 5.73 Å². The van der Waals surface area contributed by atoms with E-state index in [0.29, 0.717) is 0 Å². The predicted octanol–water partition coefficient (Wildman–Crippen LogP) is 5.12.